The van der Waals surface area contributed by atoms with Gasteiger partial charge in [-0.2, -0.15) is 18.3 Å². The Morgan fingerprint density at radius 1 is 1.19 bits per heavy atom. The minimum Gasteiger partial charge on any atom is -0.363 e. The van der Waals surface area contributed by atoms with Crippen LogP contribution in [-0.4, -0.2) is 50.7 Å². The zero-order chi connectivity index (χ0) is 26.7. The van der Waals surface area contributed by atoms with Gasteiger partial charge in [-0.1, -0.05) is 12.1 Å². The van der Waals surface area contributed by atoms with Gasteiger partial charge in [-0.3, -0.25) is 9.48 Å². The number of fused-ring (bicyclic) bond motifs is 2. The molecule has 1 fully saturated rings. The molecule has 37 heavy (non-hydrogen) atoms. The fraction of sp³-hybridized carbons (Fsp3) is 0.440. The second kappa shape index (κ2) is 8.79. The Kier molecular flexibility index (Phi) is 5.97. The van der Waals surface area contributed by atoms with Crippen LogP contribution in [0.25, 0.3) is 0 Å². The van der Waals surface area contributed by atoms with E-state index in [9.17, 15) is 22.4 Å². The molecule has 2 atom stereocenters. The Morgan fingerprint density at radius 3 is 2.57 bits per heavy atom. The zero-order valence-corrected chi connectivity index (χ0v) is 20.9. The minimum absolute atomic E-state index is 0.0848. The third-order valence-electron chi connectivity index (χ3n) is 7.16. The number of rotatable bonds is 4. The van der Waals surface area contributed by atoms with E-state index >= 15 is 0 Å². The Hall–Kier alpha value is -3.54. The van der Waals surface area contributed by atoms with Crippen molar-refractivity contribution in [2.24, 2.45) is 7.05 Å². The van der Waals surface area contributed by atoms with Gasteiger partial charge in [0.1, 0.15) is 22.9 Å². The average Bonchev–Trinajstić information content (AvgIpc) is 3.42. The number of carbonyl (C=O) groups is 1. The van der Waals surface area contributed by atoms with E-state index in [4.69, 9.17) is 4.98 Å². The first-order valence-corrected chi connectivity index (χ1v) is 11.9. The predicted octanol–water partition coefficient (Wildman–Crippen LogP) is 3.97. The number of benzene rings is 1. The van der Waals surface area contributed by atoms with E-state index in [-0.39, 0.29) is 18.0 Å². The lowest BCUT2D eigenvalue weighted by atomic mass is 9.76. The maximum absolute atomic E-state index is 14.9. The molecular weight excluding hydrogens is 490 g/mol. The standard InChI is InChI=1S/C25H27F4N7O/c1-14(17-6-5-7-19(20(17)26)25(27,28)29)31-22-18-12-36(16-10-30-35(4)11-16)23(37)24(8-9-34(3)13-24)21(18)32-15(2)33-22/h5-7,10-11,14H,8-9,12-13H2,1-4H3,(H,31,32,33)/t14-,24?/m1/s1. The summed E-state index contributed by atoms with van der Waals surface area (Å²) in [7, 11) is 3.70. The molecule has 12 heteroatoms. The molecule has 8 nitrogen and oxygen atoms in total. The quantitative estimate of drug-likeness (QED) is 0.528. The number of hydrogen-bond donors (Lipinski definition) is 1. The number of likely N-dealkylation sites (tertiary alicyclic amines) is 1. The van der Waals surface area contributed by atoms with Crippen molar-refractivity contribution in [3.05, 3.63) is 64.6 Å². The molecule has 2 aliphatic rings. The highest BCUT2D eigenvalue weighted by Crippen LogP contribution is 2.44. The van der Waals surface area contributed by atoms with Crippen LogP contribution in [0.15, 0.2) is 30.6 Å². The molecule has 2 aromatic heterocycles. The van der Waals surface area contributed by atoms with Gasteiger partial charge in [-0.05, 0) is 39.9 Å². The molecule has 1 spiro atoms. The van der Waals surface area contributed by atoms with Crippen molar-refractivity contribution in [3.8, 4) is 0 Å². The van der Waals surface area contributed by atoms with Gasteiger partial charge in [0, 0.05) is 30.9 Å². The van der Waals surface area contributed by atoms with E-state index in [1.807, 2.05) is 7.05 Å². The molecular formula is C25H27F4N7O. The van der Waals surface area contributed by atoms with Gasteiger partial charge >= 0.3 is 6.18 Å². The molecule has 4 heterocycles. The van der Waals surface area contributed by atoms with Crippen molar-refractivity contribution in [2.45, 2.75) is 44.4 Å². The summed E-state index contributed by atoms with van der Waals surface area (Å²) < 4.78 is 56.4. The van der Waals surface area contributed by atoms with Gasteiger partial charge in [-0.25, -0.2) is 14.4 Å². The van der Waals surface area contributed by atoms with Crippen LogP contribution in [0.5, 0.6) is 0 Å². The smallest absolute Gasteiger partial charge is 0.363 e. The van der Waals surface area contributed by atoms with Crippen LogP contribution in [0.3, 0.4) is 0 Å². The minimum atomic E-state index is -4.81. The van der Waals surface area contributed by atoms with Crippen molar-refractivity contribution >= 4 is 17.4 Å². The number of aryl methyl sites for hydroxylation is 2. The molecule has 1 unspecified atom stereocenters. The highest BCUT2D eigenvalue weighted by atomic mass is 19.4. The number of nitrogens with zero attached hydrogens (tertiary/aromatic N) is 6. The van der Waals surface area contributed by atoms with Gasteiger partial charge in [0.05, 0.1) is 35.7 Å². The number of nitrogens with one attached hydrogen (secondary N) is 1. The first-order chi connectivity index (χ1) is 17.4. The van der Waals surface area contributed by atoms with E-state index in [0.717, 1.165) is 6.07 Å². The third-order valence-corrected chi connectivity index (χ3v) is 7.16. The lowest BCUT2D eigenvalue weighted by molar-refractivity contribution is -0.140. The van der Waals surface area contributed by atoms with E-state index in [2.05, 4.69) is 20.3 Å². The number of hydrogen-bond acceptors (Lipinski definition) is 6. The van der Waals surface area contributed by atoms with Crippen LogP contribution >= 0.6 is 0 Å². The van der Waals surface area contributed by atoms with Crippen LogP contribution in [0.2, 0.25) is 0 Å². The summed E-state index contributed by atoms with van der Waals surface area (Å²) in [5.74, 6) is -0.634. The first kappa shape index (κ1) is 25.1. The second-order valence-corrected chi connectivity index (χ2v) is 9.85. The van der Waals surface area contributed by atoms with Crippen molar-refractivity contribution in [1.29, 1.82) is 0 Å². The summed E-state index contributed by atoms with van der Waals surface area (Å²) in [6.07, 6.45) is -0.897. The summed E-state index contributed by atoms with van der Waals surface area (Å²) in [5, 5.41) is 7.33. The predicted molar refractivity (Wildman–Crippen MR) is 128 cm³/mol. The number of anilines is 2. The summed E-state index contributed by atoms with van der Waals surface area (Å²) in [6, 6.07) is 2.39. The van der Waals surface area contributed by atoms with Crippen molar-refractivity contribution in [3.63, 3.8) is 0 Å². The summed E-state index contributed by atoms with van der Waals surface area (Å²) >= 11 is 0. The number of alkyl halides is 3. The van der Waals surface area contributed by atoms with Crippen molar-refractivity contribution < 1.29 is 22.4 Å². The highest BCUT2D eigenvalue weighted by molar-refractivity contribution is 6.03. The van der Waals surface area contributed by atoms with Gasteiger partial charge in [-0.15, -0.1) is 0 Å². The molecule has 1 aromatic carbocycles. The lowest BCUT2D eigenvalue weighted by Crippen LogP contribution is -2.53. The zero-order valence-electron chi connectivity index (χ0n) is 20.9. The SMILES string of the molecule is Cc1nc(N[C@H](C)c2cccc(C(F)(F)F)c2F)c2c(n1)C1(CCN(C)C1)C(=O)N(c1cnn(C)c1)C2. The summed E-state index contributed by atoms with van der Waals surface area (Å²) in [4.78, 5) is 26.9. The Labute approximate surface area is 211 Å². The molecule has 0 aliphatic carbocycles. The van der Waals surface area contributed by atoms with Gasteiger partial charge < -0.3 is 15.1 Å². The number of amides is 1. The van der Waals surface area contributed by atoms with Gasteiger partial charge in [0.25, 0.3) is 0 Å². The molecule has 1 saturated heterocycles. The molecule has 0 saturated carbocycles. The summed E-state index contributed by atoms with van der Waals surface area (Å²) in [5.41, 5.74) is -0.479. The molecule has 5 rings (SSSR count). The fourth-order valence-corrected chi connectivity index (χ4v) is 5.36. The van der Waals surface area contributed by atoms with Crippen LogP contribution in [0, 0.1) is 12.7 Å². The number of likely N-dealkylation sites (N-methyl/N-ethyl adjacent to an activating group) is 1. The molecule has 2 aliphatic heterocycles. The Bertz CT molecular complexity index is 1370. The van der Waals surface area contributed by atoms with Crippen molar-refractivity contribution in [2.75, 3.05) is 30.4 Å². The Balaban J connectivity index is 1.60. The lowest BCUT2D eigenvalue weighted by Gasteiger charge is -2.40. The van der Waals surface area contributed by atoms with Gasteiger partial charge in [0.2, 0.25) is 5.91 Å². The maximum Gasteiger partial charge on any atom is 0.419 e. The normalized spacial score (nSPS) is 21.0. The third kappa shape index (κ3) is 4.22. The van der Waals surface area contributed by atoms with Crippen LogP contribution in [0.4, 0.5) is 29.1 Å². The van der Waals surface area contributed by atoms with E-state index in [0.29, 0.717) is 48.1 Å². The molecule has 0 bridgehead atoms. The molecule has 196 valence electrons. The van der Waals surface area contributed by atoms with Gasteiger partial charge in [0.15, 0.2) is 0 Å². The second-order valence-electron chi connectivity index (χ2n) is 9.85. The van der Waals surface area contributed by atoms with Crippen molar-refractivity contribution in [1.82, 2.24) is 24.6 Å². The molecule has 1 amide bonds. The molecule has 3 aromatic rings. The van der Waals surface area contributed by atoms with E-state index in [1.165, 1.54) is 12.1 Å². The molecule has 0 radical (unpaired) electrons. The first-order valence-electron chi connectivity index (χ1n) is 11.9. The summed E-state index contributed by atoms with van der Waals surface area (Å²) in [6.45, 7) is 4.58. The van der Waals surface area contributed by atoms with Crippen LogP contribution in [0.1, 0.15) is 47.6 Å². The number of carbonyl (C=O) groups excluding carboxylic acids is 1. The monoisotopic (exact) mass is 517 g/mol. The Morgan fingerprint density at radius 2 is 1.95 bits per heavy atom. The topological polar surface area (TPSA) is 79.2 Å². The highest BCUT2D eigenvalue weighted by Gasteiger charge is 2.53. The number of halogens is 4. The molecule has 1 N–H and O–H groups in total. The number of aromatic nitrogens is 4. The van der Waals surface area contributed by atoms with E-state index < -0.39 is 29.0 Å². The fourth-order valence-electron chi connectivity index (χ4n) is 5.36. The van der Waals surface area contributed by atoms with Crippen LogP contribution in [-0.2, 0) is 30.0 Å². The largest absolute Gasteiger partial charge is 0.419 e. The maximum atomic E-state index is 14.9. The average molecular weight is 518 g/mol. The van der Waals surface area contributed by atoms with Crippen LogP contribution < -0.4 is 10.2 Å². The van der Waals surface area contributed by atoms with E-state index in [1.54, 1.807) is 42.9 Å².